The second-order valence-electron chi connectivity index (χ2n) is 10.9. The molecular formula is C34H36N2O7. The van der Waals surface area contributed by atoms with Crippen LogP contribution in [0.5, 0.6) is 17.2 Å². The van der Waals surface area contributed by atoms with Crippen LogP contribution in [0.2, 0.25) is 0 Å². The summed E-state index contributed by atoms with van der Waals surface area (Å²) >= 11 is 0. The van der Waals surface area contributed by atoms with Gasteiger partial charge in [0.2, 0.25) is 23.0 Å². The van der Waals surface area contributed by atoms with Crippen LogP contribution in [-0.2, 0) is 22.4 Å². The number of methoxy groups -OCH3 is 3. The molecule has 2 N–H and O–H groups in total. The van der Waals surface area contributed by atoms with Crippen LogP contribution in [0.4, 0.5) is 0 Å². The van der Waals surface area contributed by atoms with E-state index in [1.54, 1.807) is 14.2 Å². The van der Waals surface area contributed by atoms with Gasteiger partial charge in [-0.25, -0.2) is 0 Å². The summed E-state index contributed by atoms with van der Waals surface area (Å²) in [5.41, 5.74) is 4.03. The molecule has 0 fully saturated rings. The molecule has 0 saturated heterocycles. The molecule has 0 aliphatic heterocycles. The quantitative estimate of drug-likeness (QED) is 0.287. The number of nitrogens with one attached hydrogen (secondary N) is 2. The largest absolute Gasteiger partial charge is 0.493 e. The Morgan fingerprint density at radius 3 is 2.35 bits per heavy atom. The van der Waals surface area contributed by atoms with Gasteiger partial charge in [0, 0.05) is 35.0 Å². The molecule has 0 saturated carbocycles. The van der Waals surface area contributed by atoms with Gasteiger partial charge in [-0.3, -0.25) is 14.4 Å². The summed E-state index contributed by atoms with van der Waals surface area (Å²) < 4.78 is 23.6. The maximum absolute atomic E-state index is 14.0. The fourth-order valence-corrected chi connectivity index (χ4v) is 5.91. The van der Waals surface area contributed by atoms with Crippen molar-refractivity contribution in [1.29, 1.82) is 0 Å². The Bertz CT molecular complexity index is 1760. The fraction of sp³-hybridized carbons (Fsp3) is 0.324. The van der Waals surface area contributed by atoms with Gasteiger partial charge in [-0.1, -0.05) is 30.3 Å². The Morgan fingerprint density at radius 2 is 1.72 bits per heavy atom. The van der Waals surface area contributed by atoms with E-state index in [2.05, 4.69) is 10.6 Å². The van der Waals surface area contributed by atoms with Gasteiger partial charge in [-0.05, 0) is 61.6 Å². The summed E-state index contributed by atoms with van der Waals surface area (Å²) in [5, 5.41) is 6.49. The molecule has 2 amide bonds. The molecule has 1 aromatic heterocycles. The van der Waals surface area contributed by atoms with Crippen molar-refractivity contribution in [3.8, 4) is 39.7 Å². The SMILES string of the molecule is COc1cc2c(c(OC)c1OC)-c1cc3c(CC(=O)NC(C)C)c(-c4ccccc4)oc3c(=O)cc1[C@@H](NC(C)=O)CC2. The van der Waals surface area contributed by atoms with Crippen LogP contribution in [0.25, 0.3) is 33.4 Å². The summed E-state index contributed by atoms with van der Waals surface area (Å²) in [6.45, 7) is 5.24. The average Bonchev–Trinajstić information content (AvgIpc) is 3.17. The molecule has 0 unspecified atom stereocenters. The Morgan fingerprint density at radius 1 is 1.00 bits per heavy atom. The zero-order valence-corrected chi connectivity index (χ0v) is 25.3. The number of amides is 2. The smallest absolute Gasteiger partial charge is 0.224 e. The number of furan rings is 1. The minimum atomic E-state index is -0.466. The van der Waals surface area contributed by atoms with Crippen LogP contribution in [0.15, 0.2) is 57.7 Å². The van der Waals surface area contributed by atoms with Crippen molar-refractivity contribution in [1.82, 2.24) is 10.6 Å². The molecule has 1 aliphatic rings. The van der Waals surface area contributed by atoms with Gasteiger partial charge in [0.15, 0.2) is 17.1 Å². The Labute approximate surface area is 250 Å². The third-order valence-electron chi connectivity index (χ3n) is 7.62. The predicted octanol–water partition coefficient (Wildman–Crippen LogP) is 5.34. The Kier molecular flexibility index (Phi) is 8.43. The van der Waals surface area contributed by atoms with Gasteiger partial charge < -0.3 is 29.3 Å². The van der Waals surface area contributed by atoms with Crippen molar-refractivity contribution in [2.75, 3.05) is 21.3 Å². The van der Waals surface area contributed by atoms with Gasteiger partial charge in [0.25, 0.3) is 0 Å². The van der Waals surface area contributed by atoms with Crippen molar-refractivity contribution >= 4 is 22.8 Å². The lowest BCUT2D eigenvalue weighted by atomic mass is 9.94. The van der Waals surface area contributed by atoms with Crippen LogP contribution >= 0.6 is 0 Å². The lowest BCUT2D eigenvalue weighted by molar-refractivity contribution is -0.121. The van der Waals surface area contributed by atoms with Gasteiger partial charge in [0.1, 0.15) is 5.76 Å². The van der Waals surface area contributed by atoms with E-state index in [0.717, 1.165) is 16.7 Å². The molecule has 43 heavy (non-hydrogen) atoms. The molecule has 1 heterocycles. The third-order valence-corrected chi connectivity index (χ3v) is 7.62. The molecule has 1 atom stereocenters. The zero-order valence-electron chi connectivity index (χ0n) is 25.3. The number of benzene rings is 2. The first-order chi connectivity index (χ1) is 20.7. The molecule has 3 aromatic carbocycles. The number of hydrogen-bond acceptors (Lipinski definition) is 7. The number of fused-ring (bicyclic) bond motifs is 4. The number of hydrogen-bond donors (Lipinski definition) is 2. The highest BCUT2D eigenvalue weighted by Crippen LogP contribution is 2.51. The number of rotatable bonds is 8. The summed E-state index contributed by atoms with van der Waals surface area (Å²) in [4.78, 5) is 39.4. The summed E-state index contributed by atoms with van der Waals surface area (Å²) in [6, 6.07) is 14.2. The van der Waals surface area contributed by atoms with Gasteiger partial charge in [-0.2, -0.15) is 0 Å². The Hall–Kier alpha value is -4.79. The lowest BCUT2D eigenvalue weighted by Gasteiger charge is -2.20. The highest BCUT2D eigenvalue weighted by atomic mass is 16.5. The normalized spacial score (nSPS) is 14.0. The lowest BCUT2D eigenvalue weighted by Crippen LogP contribution is -2.31. The number of aryl methyl sites for hydroxylation is 1. The highest BCUT2D eigenvalue weighted by Gasteiger charge is 2.31. The second-order valence-corrected chi connectivity index (χ2v) is 10.9. The zero-order chi connectivity index (χ0) is 30.8. The molecule has 4 aromatic rings. The number of ether oxygens (including phenoxy) is 3. The molecule has 9 heteroatoms. The van der Waals surface area contributed by atoms with Crippen LogP contribution in [0.1, 0.15) is 49.9 Å². The van der Waals surface area contributed by atoms with E-state index in [-0.39, 0.29) is 35.3 Å². The third kappa shape index (κ3) is 5.67. The van der Waals surface area contributed by atoms with Gasteiger partial charge in [0.05, 0.1) is 33.8 Å². The summed E-state index contributed by atoms with van der Waals surface area (Å²) in [5.74, 6) is 1.40. The van der Waals surface area contributed by atoms with Gasteiger partial charge in [-0.15, -0.1) is 0 Å². The standard InChI is InChI=1S/C34H36N2O7/c1-18(2)35-29(39)17-25-24-15-23-22(16-27(38)32(24)43-31(25)20-10-8-7-9-11-20)26(36-19(3)37)13-12-21-14-28(40-4)33(41-5)34(42-6)30(21)23/h7-11,14-16,18,26H,12-13,17H2,1-6H3,(H,35,39)(H,36,37)/t26-/m0/s1. The van der Waals surface area contributed by atoms with E-state index < -0.39 is 6.04 Å². The van der Waals surface area contributed by atoms with Crippen molar-refractivity contribution in [2.45, 2.75) is 52.1 Å². The van der Waals surface area contributed by atoms with Crippen molar-refractivity contribution in [3.05, 3.63) is 75.4 Å². The first-order valence-corrected chi connectivity index (χ1v) is 14.2. The minimum absolute atomic E-state index is 0.00131. The first-order valence-electron chi connectivity index (χ1n) is 14.2. The number of carbonyl (C=O) groups excluding carboxylic acids is 2. The molecule has 9 nitrogen and oxygen atoms in total. The van der Waals surface area contributed by atoms with Crippen LogP contribution in [0.3, 0.4) is 0 Å². The molecule has 224 valence electrons. The molecule has 1 aliphatic carbocycles. The van der Waals surface area contributed by atoms with Crippen LogP contribution < -0.4 is 30.3 Å². The molecule has 0 bridgehead atoms. The Balaban J connectivity index is 1.92. The van der Waals surface area contributed by atoms with Crippen molar-refractivity contribution in [2.24, 2.45) is 0 Å². The monoisotopic (exact) mass is 584 g/mol. The molecule has 0 radical (unpaired) electrons. The molecular weight excluding hydrogens is 548 g/mol. The highest BCUT2D eigenvalue weighted by molar-refractivity contribution is 5.96. The number of carbonyl (C=O) groups is 2. The van der Waals surface area contributed by atoms with Gasteiger partial charge >= 0.3 is 0 Å². The minimum Gasteiger partial charge on any atom is -0.493 e. The topological polar surface area (TPSA) is 116 Å². The van der Waals surface area contributed by atoms with E-state index in [1.165, 1.54) is 20.1 Å². The molecule has 0 spiro atoms. The van der Waals surface area contributed by atoms with Crippen molar-refractivity contribution < 1.29 is 28.2 Å². The van der Waals surface area contributed by atoms with E-state index >= 15 is 0 Å². The predicted molar refractivity (Wildman–Crippen MR) is 165 cm³/mol. The van der Waals surface area contributed by atoms with E-state index in [0.29, 0.717) is 57.9 Å². The van der Waals surface area contributed by atoms with E-state index in [4.69, 9.17) is 18.6 Å². The molecule has 5 rings (SSSR count). The maximum atomic E-state index is 14.0. The second kappa shape index (κ2) is 12.2. The summed E-state index contributed by atoms with van der Waals surface area (Å²) in [7, 11) is 4.65. The van der Waals surface area contributed by atoms with Crippen LogP contribution in [-0.4, -0.2) is 39.2 Å². The van der Waals surface area contributed by atoms with E-state index in [1.807, 2.05) is 56.3 Å². The average molecular weight is 585 g/mol. The van der Waals surface area contributed by atoms with Crippen LogP contribution in [0, 0.1) is 0 Å². The first kappa shape index (κ1) is 29.7. The summed E-state index contributed by atoms with van der Waals surface area (Å²) in [6.07, 6.45) is 1.09. The van der Waals surface area contributed by atoms with Crippen molar-refractivity contribution in [3.63, 3.8) is 0 Å². The van der Waals surface area contributed by atoms with E-state index in [9.17, 15) is 14.4 Å². The fourth-order valence-electron chi connectivity index (χ4n) is 5.91. The maximum Gasteiger partial charge on any atom is 0.224 e.